The number of carbonyl (C=O) groups is 2. The molecule has 4 N–H and O–H groups in total. The summed E-state index contributed by atoms with van der Waals surface area (Å²) in [6, 6.07) is 12.8. The Morgan fingerprint density at radius 2 is 1.70 bits per heavy atom. The Hall–Kier alpha value is -3.33. The SMILES string of the molecule is Cc1ccc(-c2nnc(SC(C)C(=O)NC(=O)Nc3ccc(C)cc3C)n2N)cc1. The summed E-state index contributed by atoms with van der Waals surface area (Å²) in [5.41, 5.74) is 4.61. The summed E-state index contributed by atoms with van der Waals surface area (Å²) in [6.45, 7) is 7.53. The number of rotatable bonds is 5. The van der Waals surface area contributed by atoms with Crippen LogP contribution in [0.25, 0.3) is 11.4 Å². The lowest BCUT2D eigenvalue weighted by atomic mass is 10.1. The zero-order valence-corrected chi connectivity index (χ0v) is 18.1. The van der Waals surface area contributed by atoms with E-state index in [9.17, 15) is 9.59 Å². The molecule has 1 unspecified atom stereocenters. The van der Waals surface area contributed by atoms with E-state index in [1.807, 2.05) is 57.2 Å². The van der Waals surface area contributed by atoms with Gasteiger partial charge in [0.25, 0.3) is 0 Å². The number of urea groups is 1. The molecule has 9 heteroatoms. The number of hydrogen-bond donors (Lipinski definition) is 3. The summed E-state index contributed by atoms with van der Waals surface area (Å²) in [4.78, 5) is 24.6. The van der Waals surface area contributed by atoms with Crippen LogP contribution in [-0.4, -0.2) is 32.1 Å². The van der Waals surface area contributed by atoms with Crippen LogP contribution in [-0.2, 0) is 4.79 Å². The van der Waals surface area contributed by atoms with Crippen LogP contribution in [0, 0.1) is 20.8 Å². The fraction of sp³-hybridized carbons (Fsp3) is 0.238. The molecule has 0 spiro atoms. The Morgan fingerprint density at radius 1 is 1.03 bits per heavy atom. The number of benzene rings is 2. The molecule has 0 radical (unpaired) electrons. The lowest BCUT2D eigenvalue weighted by molar-refractivity contribution is -0.119. The Balaban J connectivity index is 1.61. The molecule has 1 aromatic heterocycles. The van der Waals surface area contributed by atoms with Gasteiger partial charge in [-0.1, -0.05) is 59.3 Å². The number of imide groups is 1. The summed E-state index contributed by atoms with van der Waals surface area (Å²) in [7, 11) is 0. The number of carbonyl (C=O) groups excluding carboxylic acids is 2. The first-order valence-electron chi connectivity index (χ1n) is 9.38. The molecular weight excluding hydrogens is 400 g/mol. The molecule has 1 heterocycles. The molecule has 8 nitrogen and oxygen atoms in total. The molecule has 1 atom stereocenters. The van der Waals surface area contributed by atoms with E-state index >= 15 is 0 Å². The van der Waals surface area contributed by atoms with Gasteiger partial charge in [0.15, 0.2) is 5.82 Å². The number of nitrogen functional groups attached to an aromatic ring is 1. The number of aryl methyl sites for hydroxylation is 3. The Kier molecular flexibility index (Phi) is 6.41. The van der Waals surface area contributed by atoms with E-state index in [0.29, 0.717) is 16.7 Å². The van der Waals surface area contributed by atoms with E-state index in [-0.39, 0.29) is 0 Å². The first-order chi connectivity index (χ1) is 14.2. The average Bonchev–Trinajstić information content (AvgIpc) is 3.05. The fourth-order valence-electron chi connectivity index (χ4n) is 2.79. The third-order valence-electron chi connectivity index (χ3n) is 4.49. The quantitative estimate of drug-likeness (QED) is 0.427. The van der Waals surface area contributed by atoms with Crippen LogP contribution >= 0.6 is 11.8 Å². The van der Waals surface area contributed by atoms with Crippen molar-refractivity contribution < 1.29 is 9.59 Å². The third kappa shape index (κ3) is 4.98. The van der Waals surface area contributed by atoms with Crippen molar-refractivity contribution in [2.75, 3.05) is 11.2 Å². The summed E-state index contributed by atoms with van der Waals surface area (Å²) in [6.07, 6.45) is 0. The molecule has 0 aliphatic rings. The minimum Gasteiger partial charge on any atom is -0.335 e. The van der Waals surface area contributed by atoms with Crippen molar-refractivity contribution in [3.8, 4) is 11.4 Å². The molecule has 3 amide bonds. The van der Waals surface area contributed by atoms with Gasteiger partial charge in [0.05, 0.1) is 5.25 Å². The van der Waals surface area contributed by atoms with E-state index in [2.05, 4.69) is 20.8 Å². The number of nitrogens with two attached hydrogens (primary N) is 1. The predicted molar refractivity (Wildman–Crippen MR) is 119 cm³/mol. The van der Waals surface area contributed by atoms with E-state index in [1.54, 1.807) is 13.0 Å². The van der Waals surface area contributed by atoms with Gasteiger partial charge in [-0.3, -0.25) is 10.1 Å². The predicted octanol–water partition coefficient (Wildman–Crippen LogP) is 3.41. The smallest absolute Gasteiger partial charge is 0.325 e. The lowest BCUT2D eigenvalue weighted by Crippen LogP contribution is -2.39. The van der Waals surface area contributed by atoms with Crippen molar-refractivity contribution in [2.45, 2.75) is 38.1 Å². The van der Waals surface area contributed by atoms with Crippen LogP contribution in [0.3, 0.4) is 0 Å². The average molecular weight is 425 g/mol. The highest BCUT2D eigenvalue weighted by Gasteiger charge is 2.21. The molecule has 156 valence electrons. The molecule has 0 saturated carbocycles. The number of anilines is 1. The highest BCUT2D eigenvalue weighted by Crippen LogP contribution is 2.25. The van der Waals surface area contributed by atoms with Crippen LogP contribution in [0.5, 0.6) is 0 Å². The molecule has 3 aromatic rings. The maximum Gasteiger partial charge on any atom is 0.325 e. The normalized spacial score (nSPS) is 11.7. The number of aromatic nitrogens is 3. The second-order valence-electron chi connectivity index (χ2n) is 7.06. The van der Waals surface area contributed by atoms with Crippen LogP contribution < -0.4 is 16.5 Å². The van der Waals surface area contributed by atoms with Crippen molar-refractivity contribution in [1.82, 2.24) is 20.2 Å². The Morgan fingerprint density at radius 3 is 2.37 bits per heavy atom. The van der Waals surface area contributed by atoms with Gasteiger partial charge in [0.2, 0.25) is 11.1 Å². The summed E-state index contributed by atoms with van der Waals surface area (Å²) >= 11 is 1.12. The lowest BCUT2D eigenvalue weighted by Gasteiger charge is -2.13. The maximum absolute atomic E-state index is 12.4. The minimum absolute atomic E-state index is 0.378. The number of amides is 3. The van der Waals surface area contributed by atoms with E-state index in [0.717, 1.165) is 34.0 Å². The molecule has 0 aliphatic carbocycles. The van der Waals surface area contributed by atoms with Crippen molar-refractivity contribution >= 4 is 29.4 Å². The molecule has 2 aromatic carbocycles. The van der Waals surface area contributed by atoms with Crippen LogP contribution in [0.15, 0.2) is 47.6 Å². The molecule has 0 saturated heterocycles. The van der Waals surface area contributed by atoms with Gasteiger partial charge >= 0.3 is 6.03 Å². The molecule has 0 aliphatic heterocycles. The van der Waals surface area contributed by atoms with Gasteiger partial charge in [-0.15, -0.1) is 10.2 Å². The van der Waals surface area contributed by atoms with Gasteiger partial charge in [-0.25, -0.2) is 9.47 Å². The van der Waals surface area contributed by atoms with E-state index < -0.39 is 17.2 Å². The zero-order valence-electron chi connectivity index (χ0n) is 17.3. The fourth-order valence-corrected chi connectivity index (χ4v) is 3.56. The first kappa shape index (κ1) is 21.4. The Bertz CT molecular complexity index is 1080. The molecule has 0 bridgehead atoms. The van der Waals surface area contributed by atoms with Crippen LogP contribution in [0.1, 0.15) is 23.6 Å². The highest BCUT2D eigenvalue weighted by molar-refractivity contribution is 8.00. The van der Waals surface area contributed by atoms with Crippen LogP contribution in [0.2, 0.25) is 0 Å². The molecule has 3 rings (SSSR count). The standard InChI is InChI=1S/C21H24N6O2S/c1-12-5-8-16(9-6-12)18-25-26-21(27(18)22)30-15(4)19(28)24-20(29)23-17-10-7-13(2)11-14(17)3/h5-11,15H,22H2,1-4H3,(H2,23,24,28,29). The second kappa shape index (κ2) is 9.00. The zero-order chi connectivity index (χ0) is 21.8. The topological polar surface area (TPSA) is 115 Å². The summed E-state index contributed by atoms with van der Waals surface area (Å²) in [5, 5.41) is 13.0. The van der Waals surface area contributed by atoms with Crippen LogP contribution in [0.4, 0.5) is 10.5 Å². The summed E-state index contributed by atoms with van der Waals surface area (Å²) in [5.74, 6) is 6.16. The van der Waals surface area contributed by atoms with E-state index in [1.165, 1.54) is 4.68 Å². The second-order valence-corrected chi connectivity index (χ2v) is 8.37. The van der Waals surface area contributed by atoms with Crippen molar-refractivity contribution in [3.63, 3.8) is 0 Å². The van der Waals surface area contributed by atoms with Gasteiger partial charge in [0, 0.05) is 11.3 Å². The first-order valence-corrected chi connectivity index (χ1v) is 10.3. The van der Waals surface area contributed by atoms with Crippen molar-refractivity contribution in [1.29, 1.82) is 0 Å². The number of thioether (sulfide) groups is 1. The Labute approximate surface area is 179 Å². The number of nitrogens with zero attached hydrogens (tertiary/aromatic N) is 3. The molecular formula is C21H24N6O2S. The minimum atomic E-state index is -0.604. The van der Waals surface area contributed by atoms with Crippen molar-refractivity contribution in [2.24, 2.45) is 0 Å². The van der Waals surface area contributed by atoms with Gasteiger partial charge in [-0.2, -0.15) is 0 Å². The van der Waals surface area contributed by atoms with E-state index in [4.69, 9.17) is 5.84 Å². The molecule has 30 heavy (non-hydrogen) atoms. The van der Waals surface area contributed by atoms with Gasteiger partial charge in [-0.05, 0) is 39.3 Å². The molecule has 0 fully saturated rings. The third-order valence-corrected chi connectivity index (χ3v) is 5.55. The monoisotopic (exact) mass is 424 g/mol. The number of hydrogen-bond acceptors (Lipinski definition) is 6. The van der Waals surface area contributed by atoms with Gasteiger partial charge < -0.3 is 11.2 Å². The van der Waals surface area contributed by atoms with Crippen molar-refractivity contribution in [3.05, 3.63) is 59.2 Å². The highest BCUT2D eigenvalue weighted by atomic mass is 32.2. The maximum atomic E-state index is 12.4. The summed E-state index contributed by atoms with van der Waals surface area (Å²) < 4.78 is 1.34. The largest absolute Gasteiger partial charge is 0.335 e. The number of nitrogens with one attached hydrogen (secondary N) is 2. The van der Waals surface area contributed by atoms with Gasteiger partial charge in [0.1, 0.15) is 0 Å².